The van der Waals surface area contributed by atoms with E-state index >= 15 is 0 Å². The lowest BCUT2D eigenvalue weighted by Gasteiger charge is -2.34. The molecule has 0 unspecified atom stereocenters. The van der Waals surface area contributed by atoms with Gasteiger partial charge in [-0.3, -0.25) is 9.59 Å². The highest BCUT2D eigenvalue weighted by Crippen LogP contribution is 2.36. The third kappa shape index (κ3) is 6.85. The first-order valence-electron chi connectivity index (χ1n) is 10.2. The molecular weight excluding hydrogens is 402 g/mol. The lowest BCUT2D eigenvalue weighted by atomic mass is 9.94. The molecule has 9 nitrogen and oxygen atoms in total. The highest BCUT2D eigenvalue weighted by Gasteiger charge is 2.32. The maximum atomic E-state index is 12.8. The van der Waals surface area contributed by atoms with Crippen molar-refractivity contribution in [2.75, 3.05) is 37.1 Å². The monoisotopic (exact) mass is 435 g/mol. The van der Waals surface area contributed by atoms with Crippen LogP contribution in [0.4, 0.5) is 16.2 Å². The molecule has 2 N–H and O–H groups in total. The molecule has 1 atom stereocenters. The second-order valence-corrected chi connectivity index (χ2v) is 9.38. The van der Waals surface area contributed by atoms with E-state index in [4.69, 9.17) is 14.2 Å². The molecule has 0 aliphatic carbocycles. The van der Waals surface area contributed by atoms with E-state index in [9.17, 15) is 14.4 Å². The second-order valence-electron chi connectivity index (χ2n) is 9.38. The normalized spacial score (nSPS) is 14.7. The third-order valence-electron chi connectivity index (χ3n) is 4.32. The molecule has 0 aromatic heterocycles. The van der Waals surface area contributed by atoms with Crippen LogP contribution in [-0.2, 0) is 19.1 Å². The van der Waals surface area contributed by atoms with Gasteiger partial charge in [-0.1, -0.05) is 20.8 Å². The maximum Gasteiger partial charge on any atom is 0.408 e. The van der Waals surface area contributed by atoms with E-state index in [1.807, 2.05) is 20.8 Å². The van der Waals surface area contributed by atoms with Crippen molar-refractivity contribution in [3.63, 3.8) is 0 Å². The topological polar surface area (TPSA) is 106 Å². The van der Waals surface area contributed by atoms with Crippen LogP contribution in [0.1, 0.15) is 41.5 Å². The molecule has 0 spiro atoms. The highest BCUT2D eigenvalue weighted by atomic mass is 16.6. The van der Waals surface area contributed by atoms with E-state index in [1.54, 1.807) is 43.9 Å². The zero-order valence-corrected chi connectivity index (χ0v) is 19.3. The quantitative estimate of drug-likeness (QED) is 0.737. The number of nitrogens with zero attached hydrogens (tertiary/aromatic N) is 1. The van der Waals surface area contributed by atoms with Crippen molar-refractivity contribution >= 4 is 29.3 Å². The van der Waals surface area contributed by atoms with E-state index in [1.165, 1.54) is 7.11 Å². The molecule has 3 amide bonds. The Kier molecular flexibility index (Phi) is 7.54. The molecule has 9 heteroatoms. The summed E-state index contributed by atoms with van der Waals surface area (Å²) in [5, 5.41) is 5.28. The van der Waals surface area contributed by atoms with Crippen LogP contribution >= 0.6 is 0 Å². The van der Waals surface area contributed by atoms with Gasteiger partial charge in [0.1, 0.15) is 24.0 Å². The van der Waals surface area contributed by atoms with Gasteiger partial charge >= 0.3 is 6.09 Å². The molecule has 0 radical (unpaired) electrons. The van der Waals surface area contributed by atoms with Crippen molar-refractivity contribution in [1.82, 2.24) is 5.32 Å². The molecule has 0 bridgehead atoms. The Morgan fingerprint density at radius 2 is 1.84 bits per heavy atom. The first kappa shape index (κ1) is 24.5. The molecule has 0 saturated heterocycles. The minimum atomic E-state index is -0.959. The predicted molar refractivity (Wildman–Crippen MR) is 117 cm³/mol. The van der Waals surface area contributed by atoms with Crippen LogP contribution in [0.5, 0.6) is 5.75 Å². The van der Waals surface area contributed by atoms with Crippen molar-refractivity contribution < 1.29 is 28.6 Å². The summed E-state index contributed by atoms with van der Waals surface area (Å²) < 4.78 is 15.9. The molecule has 31 heavy (non-hydrogen) atoms. The Morgan fingerprint density at radius 1 is 1.16 bits per heavy atom. The zero-order chi connectivity index (χ0) is 23.4. The number of methoxy groups -OCH3 is 1. The van der Waals surface area contributed by atoms with Gasteiger partial charge in [0.25, 0.3) is 0 Å². The summed E-state index contributed by atoms with van der Waals surface area (Å²) in [6.45, 7) is 11.6. The standard InChI is InChI=1S/C22H33N3O6/c1-21(2,3)19(27)25-10-11-30-17-9-8-14(12-16(17)25)23-18(26)15(13-29-7)24-20(28)31-22(4,5)6/h8-9,12,15H,10-11,13H2,1-7H3,(H,23,26)(H,24,28)/t15-/m1/s1. The Hall–Kier alpha value is -2.81. The largest absolute Gasteiger partial charge is 0.490 e. The van der Waals surface area contributed by atoms with Crippen molar-refractivity contribution in [2.24, 2.45) is 5.41 Å². The number of rotatable bonds is 5. The first-order chi connectivity index (χ1) is 14.3. The summed E-state index contributed by atoms with van der Waals surface area (Å²) in [5.41, 5.74) is -0.200. The van der Waals surface area contributed by atoms with Gasteiger partial charge in [0.05, 0.1) is 18.8 Å². The van der Waals surface area contributed by atoms with Gasteiger partial charge < -0.3 is 29.7 Å². The molecular formula is C22H33N3O6. The van der Waals surface area contributed by atoms with E-state index in [2.05, 4.69) is 10.6 Å². The van der Waals surface area contributed by atoms with Crippen LogP contribution in [0.15, 0.2) is 18.2 Å². The summed E-state index contributed by atoms with van der Waals surface area (Å²) in [4.78, 5) is 39.4. The molecule has 172 valence electrons. The van der Waals surface area contributed by atoms with Gasteiger partial charge in [-0.15, -0.1) is 0 Å². The van der Waals surface area contributed by atoms with Crippen LogP contribution < -0.4 is 20.3 Å². The Labute approximate surface area is 183 Å². The van der Waals surface area contributed by atoms with Crippen molar-refractivity contribution in [3.8, 4) is 5.75 Å². The minimum Gasteiger partial charge on any atom is -0.490 e. The van der Waals surface area contributed by atoms with Crippen molar-refractivity contribution in [1.29, 1.82) is 0 Å². The molecule has 1 aliphatic rings. The Morgan fingerprint density at radius 3 is 2.42 bits per heavy atom. The molecule has 0 saturated carbocycles. The molecule has 1 aromatic carbocycles. The zero-order valence-electron chi connectivity index (χ0n) is 19.3. The maximum absolute atomic E-state index is 12.8. The average Bonchev–Trinajstić information content (AvgIpc) is 2.64. The Balaban J connectivity index is 2.18. The fraction of sp³-hybridized carbons (Fsp3) is 0.591. The molecule has 2 rings (SSSR count). The van der Waals surface area contributed by atoms with Gasteiger partial charge in [0.15, 0.2) is 0 Å². The molecule has 0 fully saturated rings. The molecule has 1 aliphatic heterocycles. The van der Waals surface area contributed by atoms with Gasteiger partial charge in [-0.2, -0.15) is 0 Å². The lowest BCUT2D eigenvalue weighted by molar-refractivity contribution is -0.126. The fourth-order valence-corrected chi connectivity index (χ4v) is 2.94. The van der Waals surface area contributed by atoms with E-state index in [0.717, 1.165) is 0 Å². The average molecular weight is 436 g/mol. The van der Waals surface area contributed by atoms with E-state index in [0.29, 0.717) is 30.3 Å². The van der Waals surface area contributed by atoms with E-state index in [-0.39, 0.29) is 12.5 Å². The van der Waals surface area contributed by atoms with E-state index < -0.39 is 29.1 Å². The number of hydrogen-bond donors (Lipinski definition) is 2. The number of fused-ring (bicyclic) bond motifs is 1. The number of carbonyl (C=O) groups is 3. The summed E-state index contributed by atoms with van der Waals surface area (Å²) in [6, 6.07) is 4.12. The summed E-state index contributed by atoms with van der Waals surface area (Å²) in [7, 11) is 1.43. The predicted octanol–water partition coefficient (Wildman–Crippen LogP) is 2.94. The molecule has 1 aromatic rings. The van der Waals surface area contributed by atoms with Crippen LogP contribution in [-0.4, -0.2) is 56.4 Å². The number of nitrogens with one attached hydrogen (secondary N) is 2. The SMILES string of the molecule is COC[C@@H](NC(=O)OC(C)(C)C)C(=O)Nc1ccc2c(c1)N(C(=O)C(C)(C)C)CCO2. The van der Waals surface area contributed by atoms with Gasteiger partial charge in [-0.05, 0) is 39.0 Å². The number of amides is 3. The number of ether oxygens (including phenoxy) is 3. The smallest absolute Gasteiger partial charge is 0.408 e. The van der Waals surface area contributed by atoms with Crippen LogP contribution in [0.3, 0.4) is 0 Å². The summed E-state index contributed by atoms with van der Waals surface area (Å²) >= 11 is 0. The lowest BCUT2D eigenvalue weighted by Crippen LogP contribution is -2.48. The van der Waals surface area contributed by atoms with Crippen molar-refractivity contribution in [2.45, 2.75) is 53.2 Å². The van der Waals surface area contributed by atoms with Gasteiger partial charge in [0.2, 0.25) is 11.8 Å². The van der Waals surface area contributed by atoms with Gasteiger partial charge in [-0.25, -0.2) is 4.79 Å². The van der Waals surface area contributed by atoms with Crippen LogP contribution in [0, 0.1) is 5.41 Å². The summed E-state index contributed by atoms with van der Waals surface area (Å²) in [5.74, 6) is 0.0598. The number of anilines is 2. The Bertz CT molecular complexity index is 826. The van der Waals surface area contributed by atoms with Crippen LogP contribution in [0.2, 0.25) is 0 Å². The number of carbonyl (C=O) groups excluding carboxylic acids is 3. The highest BCUT2D eigenvalue weighted by molar-refractivity contribution is 6.01. The number of benzene rings is 1. The number of alkyl carbamates (subject to hydrolysis) is 1. The third-order valence-corrected chi connectivity index (χ3v) is 4.32. The molecule has 1 heterocycles. The van der Waals surface area contributed by atoms with Gasteiger partial charge in [0, 0.05) is 18.2 Å². The first-order valence-corrected chi connectivity index (χ1v) is 10.2. The summed E-state index contributed by atoms with van der Waals surface area (Å²) in [6.07, 6.45) is -0.717. The minimum absolute atomic E-state index is 0.0340. The second kappa shape index (κ2) is 9.55. The van der Waals surface area contributed by atoms with Crippen molar-refractivity contribution in [3.05, 3.63) is 18.2 Å². The number of hydrogen-bond acceptors (Lipinski definition) is 6. The van der Waals surface area contributed by atoms with Crippen LogP contribution in [0.25, 0.3) is 0 Å². The fourth-order valence-electron chi connectivity index (χ4n) is 2.94.